The summed E-state index contributed by atoms with van der Waals surface area (Å²) in [7, 11) is 0. The highest BCUT2D eigenvalue weighted by atomic mass is 16.6. The van der Waals surface area contributed by atoms with Gasteiger partial charge in [-0.2, -0.15) is 0 Å². The van der Waals surface area contributed by atoms with Crippen LogP contribution in [0, 0.1) is 0 Å². The Kier molecular flexibility index (Phi) is 3.45. The van der Waals surface area contributed by atoms with E-state index in [-0.39, 0.29) is 0 Å². The highest BCUT2D eigenvalue weighted by molar-refractivity contribution is 5.81. The average Bonchev–Trinajstić information content (AvgIpc) is 2.92. The van der Waals surface area contributed by atoms with Gasteiger partial charge in [-0.3, -0.25) is 0 Å². The first-order chi connectivity index (χ1) is 10.7. The van der Waals surface area contributed by atoms with Crippen molar-refractivity contribution in [3.8, 4) is 11.5 Å². The Hall–Kier alpha value is -1.75. The summed E-state index contributed by atoms with van der Waals surface area (Å²) < 4.78 is 13.9. The SMILES string of the molecule is CC(C)c1nc2cc3c(cc2n1C1CCNCC1)OCCO3. The lowest BCUT2D eigenvalue weighted by Crippen LogP contribution is -2.30. The Balaban J connectivity index is 1.88. The molecule has 1 N–H and O–H groups in total. The molecule has 22 heavy (non-hydrogen) atoms. The minimum Gasteiger partial charge on any atom is -0.486 e. The highest BCUT2D eigenvalue weighted by Gasteiger charge is 2.24. The zero-order valence-electron chi connectivity index (χ0n) is 13.3. The minimum absolute atomic E-state index is 0.404. The van der Waals surface area contributed by atoms with Crippen molar-refractivity contribution in [1.82, 2.24) is 14.9 Å². The fourth-order valence-corrected chi connectivity index (χ4v) is 3.51. The standard InChI is InChI=1S/C17H23N3O2/c1-11(2)17-19-13-9-15-16(22-8-7-21-15)10-14(13)20(17)12-3-5-18-6-4-12/h9-12,18H,3-8H2,1-2H3. The van der Waals surface area contributed by atoms with Gasteiger partial charge in [-0.25, -0.2) is 4.98 Å². The van der Waals surface area contributed by atoms with Crippen LogP contribution in [0.5, 0.6) is 11.5 Å². The van der Waals surface area contributed by atoms with Crippen LogP contribution < -0.4 is 14.8 Å². The number of rotatable bonds is 2. The molecule has 0 aliphatic carbocycles. The Labute approximate surface area is 130 Å². The van der Waals surface area contributed by atoms with E-state index in [1.165, 1.54) is 11.3 Å². The molecule has 4 rings (SSSR count). The number of nitrogens with one attached hydrogen (secondary N) is 1. The first-order valence-corrected chi connectivity index (χ1v) is 8.26. The van der Waals surface area contributed by atoms with Crippen molar-refractivity contribution in [1.29, 1.82) is 0 Å². The summed E-state index contributed by atoms with van der Waals surface area (Å²) >= 11 is 0. The normalized spacial score (nSPS) is 19.0. The van der Waals surface area contributed by atoms with E-state index in [0.29, 0.717) is 25.2 Å². The first kappa shape index (κ1) is 13.9. The molecule has 3 heterocycles. The third-order valence-corrected chi connectivity index (χ3v) is 4.57. The fourth-order valence-electron chi connectivity index (χ4n) is 3.51. The van der Waals surface area contributed by atoms with Crippen LogP contribution in [0.15, 0.2) is 12.1 Å². The van der Waals surface area contributed by atoms with Crippen molar-refractivity contribution >= 4 is 11.0 Å². The molecule has 0 radical (unpaired) electrons. The van der Waals surface area contributed by atoms with Crippen molar-refractivity contribution < 1.29 is 9.47 Å². The summed E-state index contributed by atoms with van der Waals surface area (Å²) in [5.74, 6) is 3.25. The van der Waals surface area contributed by atoms with E-state index >= 15 is 0 Å². The maximum Gasteiger partial charge on any atom is 0.163 e. The zero-order valence-corrected chi connectivity index (χ0v) is 13.3. The van der Waals surface area contributed by atoms with Gasteiger partial charge in [-0.1, -0.05) is 13.8 Å². The summed E-state index contributed by atoms with van der Waals surface area (Å²) in [5, 5.41) is 3.44. The Morgan fingerprint density at radius 2 is 1.82 bits per heavy atom. The number of piperidine rings is 1. The topological polar surface area (TPSA) is 48.3 Å². The molecular weight excluding hydrogens is 278 g/mol. The molecule has 1 saturated heterocycles. The predicted molar refractivity (Wildman–Crippen MR) is 86.0 cm³/mol. The van der Waals surface area contributed by atoms with Crippen LogP contribution in [-0.2, 0) is 0 Å². The third kappa shape index (κ3) is 2.24. The molecule has 2 aromatic rings. The van der Waals surface area contributed by atoms with Crippen LogP contribution in [0.2, 0.25) is 0 Å². The summed E-state index contributed by atoms with van der Waals surface area (Å²) in [6, 6.07) is 4.67. The molecule has 0 bridgehead atoms. The second-order valence-corrected chi connectivity index (χ2v) is 6.46. The number of imidazole rings is 1. The maximum atomic E-state index is 5.77. The molecule has 2 aliphatic heterocycles. The molecule has 5 heteroatoms. The lowest BCUT2D eigenvalue weighted by Gasteiger charge is -2.27. The predicted octanol–water partition coefficient (Wildman–Crippen LogP) is 2.86. The summed E-state index contributed by atoms with van der Waals surface area (Å²) in [5.41, 5.74) is 2.20. The van der Waals surface area contributed by atoms with Gasteiger partial charge in [0.05, 0.1) is 11.0 Å². The third-order valence-electron chi connectivity index (χ3n) is 4.57. The van der Waals surface area contributed by atoms with Gasteiger partial charge in [0.25, 0.3) is 0 Å². The molecule has 118 valence electrons. The lowest BCUT2D eigenvalue weighted by molar-refractivity contribution is 0.172. The second-order valence-electron chi connectivity index (χ2n) is 6.46. The number of hydrogen-bond acceptors (Lipinski definition) is 4. The van der Waals surface area contributed by atoms with E-state index in [1.807, 2.05) is 6.07 Å². The Morgan fingerprint density at radius 3 is 2.50 bits per heavy atom. The van der Waals surface area contributed by atoms with Crippen LogP contribution in [0.3, 0.4) is 0 Å². The van der Waals surface area contributed by atoms with Crippen LogP contribution in [-0.4, -0.2) is 35.9 Å². The van der Waals surface area contributed by atoms with Gasteiger partial charge in [0.1, 0.15) is 19.0 Å². The van der Waals surface area contributed by atoms with E-state index in [4.69, 9.17) is 14.5 Å². The highest BCUT2D eigenvalue weighted by Crippen LogP contribution is 2.38. The molecule has 1 aromatic carbocycles. The molecule has 0 unspecified atom stereocenters. The Bertz CT molecular complexity index is 687. The molecule has 0 amide bonds. The van der Waals surface area contributed by atoms with Crippen LogP contribution in [0.25, 0.3) is 11.0 Å². The molecule has 0 saturated carbocycles. The molecule has 5 nitrogen and oxygen atoms in total. The van der Waals surface area contributed by atoms with Gasteiger partial charge in [-0.05, 0) is 25.9 Å². The Morgan fingerprint density at radius 1 is 1.14 bits per heavy atom. The monoisotopic (exact) mass is 301 g/mol. The summed E-state index contributed by atoms with van der Waals surface area (Å²) in [6.45, 7) is 7.82. The minimum atomic E-state index is 0.404. The van der Waals surface area contributed by atoms with Gasteiger partial charge >= 0.3 is 0 Å². The van der Waals surface area contributed by atoms with E-state index in [1.54, 1.807) is 0 Å². The fraction of sp³-hybridized carbons (Fsp3) is 0.588. The number of hydrogen-bond donors (Lipinski definition) is 1. The second kappa shape index (κ2) is 5.47. The quantitative estimate of drug-likeness (QED) is 0.926. The van der Waals surface area contributed by atoms with Crippen molar-refractivity contribution in [2.75, 3.05) is 26.3 Å². The molecule has 1 aromatic heterocycles. The number of aromatic nitrogens is 2. The van der Waals surface area contributed by atoms with Gasteiger partial charge < -0.3 is 19.4 Å². The molecule has 2 aliphatic rings. The lowest BCUT2D eigenvalue weighted by atomic mass is 10.0. The number of fused-ring (bicyclic) bond motifs is 2. The van der Waals surface area contributed by atoms with E-state index in [9.17, 15) is 0 Å². The van der Waals surface area contributed by atoms with Gasteiger partial charge in [0.15, 0.2) is 11.5 Å². The van der Waals surface area contributed by atoms with Gasteiger partial charge in [0, 0.05) is 24.1 Å². The largest absolute Gasteiger partial charge is 0.486 e. The first-order valence-electron chi connectivity index (χ1n) is 8.26. The number of nitrogens with zero attached hydrogens (tertiary/aromatic N) is 2. The van der Waals surface area contributed by atoms with E-state index in [0.717, 1.165) is 42.9 Å². The van der Waals surface area contributed by atoms with Gasteiger partial charge in [0.2, 0.25) is 0 Å². The summed E-state index contributed by atoms with van der Waals surface area (Å²) in [4.78, 5) is 4.90. The van der Waals surface area contributed by atoms with Crippen molar-refractivity contribution in [3.05, 3.63) is 18.0 Å². The van der Waals surface area contributed by atoms with Crippen LogP contribution in [0.1, 0.15) is 44.5 Å². The van der Waals surface area contributed by atoms with E-state index in [2.05, 4.69) is 29.8 Å². The van der Waals surface area contributed by atoms with Crippen molar-refractivity contribution in [2.24, 2.45) is 0 Å². The maximum absolute atomic E-state index is 5.77. The zero-order chi connectivity index (χ0) is 15.1. The molecule has 0 spiro atoms. The van der Waals surface area contributed by atoms with Gasteiger partial charge in [-0.15, -0.1) is 0 Å². The number of benzene rings is 1. The van der Waals surface area contributed by atoms with Crippen molar-refractivity contribution in [3.63, 3.8) is 0 Å². The number of ether oxygens (including phenoxy) is 2. The summed E-state index contributed by atoms with van der Waals surface area (Å²) in [6.07, 6.45) is 2.30. The average molecular weight is 301 g/mol. The molecular formula is C17H23N3O2. The smallest absolute Gasteiger partial charge is 0.163 e. The van der Waals surface area contributed by atoms with Crippen LogP contribution in [0.4, 0.5) is 0 Å². The molecule has 0 atom stereocenters. The molecule has 1 fully saturated rings. The van der Waals surface area contributed by atoms with Crippen LogP contribution >= 0.6 is 0 Å². The van der Waals surface area contributed by atoms with Crippen molar-refractivity contribution in [2.45, 2.75) is 38.6 Å². The van der Waals surface area contributed by atoms with E-state index < -0.39 is 0 Å².